The zero-order valence-corrected chi connectivity index (χ0v) is 9.17. The monoisotopic (exact) mass is 212 g/mol. The third-order valence-corrected chi connectivity index (χ3v) is 2.61. The van der Waals surface area contributed by atoms with Crippen LogP contribution in [-0.4, -0.2) is 26.2 Å². The lowest BCUT2D eigenvalue weighted by Gasteiger charge is -2.07. The summed E-state index contributed by atoms with van der Waals surface area (Å²) in [5.41, 5.74) is 1.54. The average molecular weight is 212 g/mol. The molecule has 15 heavy (non-hydrogen) atoms. The molecule has 0 heterocycles. The van der Waals surface area contributed by atoms with Crippen LogP contribution in [-0.2, 0) is 19.1 Å². The molecule has 0 spiro atoms. The van der Waals surface area contributed by atoms with Gasteiger partial charge < -0.3 is 9.47 Å². The molecule has 84 valence electrons. The summed E-state index contributed by atoms with van der Waals surface area (Å²) in [6, 6.07) is 0. The summed E-state index contributed by atoms with van der Waals surface area (Å²) in [6.45, 7) is 0. The second kappa shape index (κ2) is 5.53. The molecule has 0 aromatic rings. The van der Waals surface area contributed by atoms with E-state index >= 15 is 0 Å². The molecule has 0 amide bonds. The number of ether oxygens (including phenoxy) is 2. The zero-order valence-electron chi connectivity index (χ0n) is 9.17. The van der Waals surface area contributed by atoms with Gasteiger partial charge in [0, 0.05) is 5.57 Å². The summed E-state index contributed by atoms with van der Waals surface area (Å²) in [4.78, 5) is 22.6. The lowest BCUT2D eigenvalue weighted by atomic mass is 10.0. The van der Waals surface area contributed by atoms with E-state index in [1.807, 2.05) is 0 Å². The molecule has 0 bridgehead atoms. The van der Waals surface area contributed by atoms with Gasteiger partial charge in [0.15, 0.2) is 0 Å². The third kappa shape index (κ3) is 3.08. The van der Waals surface area contributed by atoms with E-state index in [0.717, 1.165) is 31.3 Å². The van der Waals surface area contributed by atoms with Gasteiger partial charge in [-0.15, -0.1) is 0 Å². The maximum absolute atomic E-state index is 11.5. The van der Waals surface area contributed by atoms with Gasteiger partial charge in [0.25, 0.3) is 0 Å². The van der Waals surface area contributed by atoms with Crippen LogP contribution < -0.4 is 0 Å². The Labute approximate surface area is 89.2 Å². The number of rotatable bonds is 3. The van der Waals surface area contributed by atoms with Crippen LogP contribution in [0.1, 0.15) is 32.1 Å². The van der Waals surface area contributed by atoms with E-state index in [1.165, 1.54) is 14.2 Å². The summed E-state index contributed by atoms with van der Waals surface area (Å²) >= 11 is 0. The number of allylic oxidation sites excluding steroid dienone is 1. The fourth-order valence-electron chi connectivity index (χ4n) is 1.78. The van der Waals surface area contributed by atoms with Crippen LogP contribution in [0.2, 0.25) is 0 Å². The lowest BCUT2D eigenvalue weighted by Crippen LogP contribution is -2.12. The molecule has 1 saturated carbocycles. The topological polar surface area (TPSA) is 52.6 Å². The van der Waals surface area contributed by atoms with Crippen molar-refractivity contribution in [2.45, 2.75) is 32.1 Å². The van der Waals surface area contributed by atoms with E-state index in [9.17, 15) is 9.59 Å². The first-order chi connectivity index (χ1) is 7.19. The molecule has 0 unspecified atom stereocenters. The Morgan fingerprint density at radius 1 is 1.13 bits per heavy atom. The highest BCUT2D eigenvalue weighted by Crippen LogP contribution is 2.28. The number of esters is 2. The highest BCUT2D eigenvalue weighted by atomic mass is 16.5. The Hall–Kier alpha value is -1.32. The fourth-order valence-corrected chi connectivity index (χ4v) is 1.78. The van der Waals surface area contributed by atoms with Crippen molar-refractivity contribution in [1.29, 1.82) is 0 Å². The van der Waals surface area contributed by atoms with Gasteiger partial charge in [-0.25, -0.2) is 4.79 Å². The molecule has 0 aromatic carbocycles. The van der Waals surface area contributed by atoms with Gasteiger partial charge in [-0.2, -0.15) is 0 Å². The SMILES string of the molecule is COC(=O)CC(C(=O)OC)=C1CCCC1. The minimum atomic E-state index is -0.405. The van der Waals surface area contributed by atoms with Crippen LogP contribution >= 0.6 is 0 Å². The van der Waals surface area contributed by atoms with Gasteiger partial charge in [-0.3, -0.25) is 4.79 Å². The molecule has 0 radical (unpaired) electrons. The van der Waals surface area contributed by atoms with Crippen LogP contribution in [0.5, 0.6) is 0 Å². The number of hydrogen-bond donors (Lipinski definition) is 0. The van der Waals surface area contributed by atoms with Crippen LogP contribution in [0.3, 0.4) is 0 Å². The van der Waals surface area contributed by atoms with Gasteiger partial charge >= 0.3 is 11.9 Å². The van der Waals surface area contributed by atoms with Gasteiger partial charge in [0.05, 0.1) is 20.6 Å². The summed E-state index contributed by atoms with van der Waals surface area (Å²) in [5.74, 6) is -0.799. The quantitative estimate of drug-likeness (QED) is 0.526. The fraction of sp³-hybridized carbons (Fsp3) is 0.636. The van der Waals surface area contributed by atoms with Gasteiger partial charge in [-0.05, 0) is 25.7 Å². The minimum absolute atomic E-state index is 0.0263. The van der Waals surface area contributed by atoms with Crippen LogP contribution in [0, 0.1) is 0 Å². The number of carbonyl (C=O) groups excluding carboxylic acids is 2. The predicted octanol–water partition coefficient (Wildman–Crippen LogP) is 1.59. The van der Waals surface area contributed by atoms with Crippen molar-refractivity contribution in [3.63, 3.8) is 0 Å². The molecule has 0 aromatic heterocycles. The summed E-state index contributed by atoms with van der Waals surface area (Å²) in [6.07, 6.45) is 3.97. The number of carbonyl (C=O) groups is 2. The van der Waals surface area contributed by atoms with Crippen molar-refractivity contribution >= 4 is 11.9 Å². The van der Waals surface area contributed by atoms with Crippen molar-refractivity contribution in [2.24, 2.45) is 0 Å². The molecule has 4 nitrogen and oxygen atoms in total. The van der Waals surface area contributed by atoms with Crippen molar-refractivity contribution in [1.82, 2.24) is 0 Å². The van der Waals surface area contributed by atoms with Crippen molar-refractivity contribution in [2.75, 3.05) is 14.2 Å². The average Bonchev–Trinajstić information content (AvgIpc) is 2.77. The normalized spacial score (nSPS) is 14.9. The summed E-state index contributed by atoms with van der Waals surface area (Å²) < 4.78 is 9.22. The van der Waals surface area contributed by atoms with Crippen LogP contribution in [0.4, 0.5) is 0 Å². The Balaban J connectivity index is 2.82. The molecule has 4 heteroatoms. The van der Waals surface area contributed by atoms with E-state index in [1.54, 1.807) is 0 Å². The maximum atomic E-state index is 11.5. The zero-order chi connectivity index (χ0) is 11.3. The van der Waals surface area contributed by atoms with Crippen molar-refractivity contribution in [3.05, 3.63) is 11.1 Å². The molecule has 1 rings (SSSR count). The second-order valence-corrected chi connectivity index (χ2v) is 3.53. The predicted molar refractivity (Wildman–Crippen MR) is 54.1 cm³/mol. The highest BCUT2D eigenvalue weighted by molar-refractivity contribution is 5.94. The summed E-state index contributed by atoms with van der Waals surface area (Å²) in [7, 11) is 2.64. The lowest BCUT2D eigenvalue weighted by molar-refractivity contribution is -0.143. The minimum Gasteiger partial charge on any atom is -0.469 e. The second-order valence-electron chi connectivity index (χ2n) is 3.53. The highest BCUT2D eigenvalue weighted by Gasteiger charge is 2.21. The first-order valence-corrected chi connectivity index (χ1v) is 5.05. The van der Waals surface area contributed by atoms with E-state index < -0.39 is 11.9 Å². The van der Waals surface area contributed by atoms with Crippen molar-refractivity contribution < 1.29 is 19.1 Å². The van der Waals surface area contributed by atoms with Gasteiger partial charge in [-0.1, -0.05) is 5.57 Å². The first kappa shape index (κ1) is 11.8. The van der Waals surface area contributed by atoms with E-state index in [-0.39, 0.29) is 6.42 Å². The molecule has 0 saturated heterocycles. The largest absolute Gasteiger partial charge is 0.469 e. The molecule has 0 N–H and O–H groups in total. The van der Waals surface area contributed by atoms with Crippen molar-refractivity contribution in [3.8, 4) is 0 Å². The smallest absolute Gasteiger partial charge is 0.334 e. The summed E-state index contributed by atoms with van der Waals surface area (Å²) in [5, 5.41) is 0. The van der Waals surface area contributed by atoms with Crippen LogP contribution in [0.15, 0.2) is 11.1 Å². The molecule has 1 aliphatic rings. The number of methoxy groups -OCH3 is 2. The maximum Gasteiger partial charge on any atom is 0.334 e. The molecule has 1 aliphatic carbocycles. The van der Waals surface area contributed by atoms with Gasteiger partial charge in [0.1, 0.15) is 0 Å². The Kier molecular flexibility index (Phi) is 4.34. The van der Waals surface area contributed by atoms with E-state index in [2.05, 4.69) is 9.47 Å². The first-order valence-electron chi connectivity index (χ1n) is 5.05. The Morgan fingerprint density at radius 2 is 1.73 bits per heavy atom. The molecule has 1 fully saturated rings. The molecular weight excluding hydrogens is 196 g/mol. The Bertz CT molecular complexity index is 283. The van der Waals surface area contributed by atoms with E-state index in [4.69, 9.17) is 0 Å². The number of hydrogen-bond acceptors (Lipinski definition) is 4. The standard InChI is InChI=1S/C11H16O4/c1-14-10(12)7-9(11(13)15-2)8-5-3-4-6-8/h3-7H2,1-2H3. The van der Waals surface area contributed by atoms with E-state index in [0.29, 0.717) is 5.57 Å². The third-order valence-electron chi connectivity index (χ3n) is 2.61. The Morgan fingerprint density at radius 3 is 2.20 bits per heavy atom. The molecular formula is C11H16O4. The molecule has 0 atom stereocenters. The van der Waals surface area contributed by atoms with Gasteiger partial charge in [0.2, 0.25) is 0 Å². The molecule has 0 aliphatic heterocycles. The van der Waals surface area contributed by atoms with Crippen LogP contribution in [0.25, 0.3) is 0 Å².